The highest BCUT2D eigenvalue weighted by atomic mass is 16.7. The van der Waals surface area contributed by atoms with Gasteiger partial charge in [0.15, 0.2) is 11.2 Å². The highest BCUT2D eigenvalue weighted by Gasteiger charge is 2.26. The van der Waals surface area contributed by atoms with Gasteiger partial charge in [-0.25, -0.2) is 14.8 Å². The normalized spacial score (nSPS) is 10.8. The van der Waals surface area contributed by atoms with E-state index < -0.39 is 11.5 Å². The van der Waals surface area contributed by atoms with Crippen LogP contribution < -0.4 is 15.7 Å². The molecule has 0 saturated carbocycles. The molecule has 0 aliphatic rings. The summed E-state index contributed by atoms with van der Waals surface area (Å²) in [7, 11) is 0. The van der Waals surface area contributed by atoms with Gasteiger partial charge in [-0.3, -0.25) is 4.79 Å². The number of benzene rings is 2. The number of esters is 1. The Morgan fingerprint density at radius 3 is 2.50 bits per heavy atom. The molecule has 34 heavy (non-hydrogen) atoms. The third kappa shape index (κ3) is 4.61. The minimum atomic E-state index is -0.734. The molecule has 2 heterocycles. The van der Waals surface area contributed by atoms with Gasteiger partial charge in [0.05, 0.1) is 23.4 Å². The van der Waals surface area contributed by atoms with Gasteiger partial charge in [0, 0.05) is 6.54 Å². The smallest absolute Gasteiger partial charge is 0.346 e. The maximum Gasteiger partial charge on any atom is 0.346 e. The van der Waals surface area contributed by atoms with Gasteiger partial charge in [-0.15, -0.1) is 4.73 Å². The van der Waals surface area contributed by atoms with Crippen molar-refractivity contribution in [2.75, 3.05) is 11.9 Å². The van der Waals surface area contributed by atoms with E-state index >= 15 is 0 Å². The van der Waals surface area contributed by atoms with Crippen molar-refractivity contribution in [3.05, 3.63) is 99.2 Å². The van der Waals surface area contributed by atoms with Crippen LogP contribution in [0.5, 0.6) is 0 Å². The molecule has 2 aromatic carbocycles. The molecule has 8 nitrogen and oxygen atoms in total. The fourth-order valence-electron chi connectivity index (χ4n) is 3.73. The average Bonchev–Trinajstić information content (AvgIpc) is 2.83. The first kappa shape index (κ1) is 23.0. The van der Waals surface area contributed by atoms with Crippen LogP contribution in [-0.2, 0) is 17.9 Å². The summed E-state index contributed by atoms with van der Waals surface area (Å²) in [6.07, 6.45) is 1.37. The summed E-state index contributed by atoms with van der Waals surface area (Å²) < 4.78 is 6.30. The molecule has 0 aliphatic carbocycles. The van der Waals surface area contributed by atoms with Gasteiger partial charge in [-0.2, -0.15) is 0 Å². The number of aromatic nitrogens is 3. The highest BCUT2D eigenvalue weighted by molar-refractivity contribution is 6.04. The van der Waals surface area contributed by atoms with Gasteiger partial charge < -0.3 is 14.9 Å². The summed E-state index contributed by atoms with van der Waals surface area (Å²) in [5, 5.41) is 3.81. The number of ether oxygens (including phenoxy) is 1. The molecule has 4 aromatic rings. The molecule has 4 rings (SSSR count). The largest absolute Gasteiger partial charge is 0.462 e. The quantitative estimate of drug-likeness (QED) is 0.401. The zero-order valence-electron chi connectivity index (χ0n) is 19.4. The second-order valence-electron chi connectivity index (χ2n) is 7.77. The van der Waals surface area contributed by atoms with Crippen molar-refractivity contribution in [3.8, 4) is 0 Å². The van der Waals surface area contributed by atoms with Crippen molar-refractivity contribution in [1.82, 2.24) is 14.7 Å². The van der Waals surface area contributed by atoms with Crippen LogP contribution in [-0.4, -0.2) is 27.3 Å². The zero-order chi connectivity index (χ0) is 24.1. The SMILES string of the molecule is CCOC(=O)c1c(NCc2ccccc2C)c2c(C)ncnc2n(OCc2ccccc2)c1=O. The second kappa shape index (κ2) is 10.2. The molecule has 0 fully saturated rings. The molecular formula is C26H26N4O4. The van der Waals surface area contributed by atoms with E-state index in [0.29, 0.717) is 23.3 Å². The minimum absolute atomic E-state index is 0.122. The third-order valence-corrected chi connectivity index (χ3v) is 5.51. The van der Waals surface area contributed by atoms with Crippen LogP contribution in [0.15, 0.2) is 65.7 Å². The van der Waals surface area contributed by atoms with E-state index in [0.717, 1.165) is 21.4 Å². The van der Waals surface area contributed by atoms with Crippen molar-refractivity contribution >= 4 is 22.7 Å². The Balaban J connectivity index is 1.87. The van der Waals surface area contributed by atoms with Gasteiger partial charge in [0.2, 0.25) is 0 Å². The number of fused-ring (bicyclic) bond motifs is 1. The van der Waals surface area contributed by atoms with Gasteiger partial charge in [-0.05, 0) is 37.5 Å². The Bertz CT molecular complexity index is 1380. The Hall–Kier alpha value is -4.20. The number of pyridine rings is 1. The number of hydrogen-bond acceptors (Lipinski definition) is 7. The van der Waals surface area contributed by atoms with Crippen molar-refractivity contribution in [1.29, 1.82) is 0 Å². The maximum atomic E-state index is 13.6. The second-order valence-corrected chi connectivity index (χ2v) is 7.77. The van der Waals surface area contributed by atoms with E-state index in [1.165, 1.54) is 6.33 Å². The molecule has 2 aromatic heterocycles. The lowest BCUT2D eigenvalue weighted by Gasteiger charge is -2.19. The minimum Gasteiger partial charge on any atom is -0.462 e. The topological polar surface area (TPSA) is 95.3 Å². The van der Waals surface area contributed by atoms with Crippen LogP contribution in [0.2, 0.25) is 0 Å². The summed E-state index contributed by atoms with van der Waals surface area (Å²) >= 11 is 0. The Morgan fingerprint density at radius 2 is 1.76 bits per heavy atom. The van der Waals surface area contributed by atoms with Crippen molar-refractivity contribution in [3.63, 3.8) is 0 Å². The lowest BCUT2D eigenvalue weighted by molar-refractivity contribution is 0.0513. The molecule has 0 unspecified atom stereocenters. The molecule has 0 atom stereocenters. The van der Waals surface area contributed by atoms with E-state index in [1.54, 1.807) is 13.8 Å². The molecular weight excluding hydrogens is 432 g/mol. The van der Waals surface area contributed by atoms with Crippen LogP contribution >= 0.6 is 0 Å². The monoisotopic (exact) mass is 458 g/mol. The first-order valence-electron chi connectivity index (χ1n) is 11.0. The van der Waals surface area contributed by atoms with Crippen LogP contribution in [0.4, 0.5) is 5.69 Å². The number of nitrogens with one attached hydrogen (secondary N) is 1. The Kier molecular flexibility index (Phi) is 6.87. The number of nitrogens with zero attached hydrogens (tertiary/aromatic N) is 3. The van der Waals surface area contributed by atoms with Crippen LogP contribution in [0.1, 0.15) is 39.7 Å². The summed E-state index contributed by atoms with van der Waals surface area (Å²) in [6, 6.07) is 17.3. The van der Waals surface area contributed by atoms with Gasteiger partial charge >= 0.3 is 11.5 Å². The van der Waals surface area contributed by atoms with Crippen LogP contribution in [0.3, 0.4) is 0 Å². The summed E-state index contributed by atoms with van der Waals surface area (Å²) in [5.41, 5.74) is 3.40. The molecule has 0 spiro atoms. The lowest BCUT2D eigenvalue weighted by atomic mass is 10.1. The number of carbonyl (C=O) groups is 1. The predicted octanol–water partition coefficient (Wildman–Crippen LogP) is 3.83. The molecule has 0 amide bonds. The maximum absolute atomic E-state index is 13.6. The van der Waals surface area contributed by atoms with Gasteiger partial charge in [-0.1, -0.05) is 54.6 Å². The standard InChI is InChI=1S/C26H26N4O4/c1-4-33-26(32)22-23(27-14-20-13-9-8-10-17(20)2)21-18(3)28-16-29-24(21)30(25(22)31)34-15-19-11-6-5-7-12-19/h5-13,16,27H,4,14-15H2,1-3H3. The van der Waals surface area contributed by atoms with E-state index in [9.17, 15) is 9.59 Å². The van der Waals surface area contributed by atoms with E-state index in [-0.39, 0.29) is 24.4 Å². The molecule has 0 radical (unpaired) electrons. The van der Waals surface area contributed by atoms with Crippen molar-refractivity contribution in [2.24, 2.45) is 0 Å². The van der Waals surface area contributed by atoms with Gasteiger partial charge in [0.25, 0.3) is 0 Å². The molecule has 0 aliphatic heterocycles. The number of carbonyl (C=O) groups excluding carboxylic acids is 1. The fourth-order valence-corrected chi connectivity index (χ4v) is 3.73. The number of hydrogen-bond donors (Lipinski definition) is 1. The average molecular weight is 459 g/mol. The Morgan fingerprint density at radius 1 is 1.03 bits per heavy atom. The molecule has 0 saturated heterocycles. The fraction of sp³-hybridized carbons (Fsp3) is 0.231. The molecule has 8 heteroatoms. The molecule has 0 bridgehead atoms. The van der Waals surface area contributed by atoms with Gasteiger partial charge in [0.1, 0.15) is 12.9 Å². The van der Waals surface area contributed by atoms with Crippen molar-refractivity contribution < 1.29 is 14.4 Å². The van der Waals surface area contributed by atoms with Crippen molar-refractivity contribution in [2.45, 2.75) is 33.9 Å². The molecule has 1 N–H and O–H groups in total. The van der Waals surface area contributed by atoms with E-state index in [2.05, 4.69) is 15.3 Å². The number of anilines is 1. The van der Waals surface area contributed by atoms with Crippen LogP contribution in [0.25, 0.3) is 11.0 Å². The first-order chi connectivity index (χ1) is 16.5. The summed E-state index contributed by atoms with van der Waals surface area (Å²) in [4.78, 5) is 41.0. The molecule has 174 valence electrons. The highest BCUT2D eigenvalue weighted by Crippen LogP contribution is 2.27. The third-order valence-electron chi connectivity index (χ3n) is 5.51. The number of aryl methyl sites for hydroxylation is 2. The van der Waals surface area contributed by atoms with E-state index in [1.807, 2.05) is 61.5 Å². The van der Waals surface area contributed by atoms with E-state index in [4.69, 9.17) is 9.57 Å². The number of rotatable bonds is 8. The first-order valence-corrected chi connectivity index (χ1v) is 11.0. The lowest BCUT2D eigenvalue weighted by Crippen LogP contribution is -2.34. The summed E-state index contributed by atoms with van der Waals surface area (Å²) in [5.74, 6) is -0.734. The van der Waals surface area contributed by atoms with Crippen LogP contribution in [0, 0.1) is 13.8 Å². The predicted molar refractivity (Wildman–Crippen MR) is 130 cm³/mol. The zero-order valence-corrected chi connectivity index (χ0v) is 19.4. The summed E-state index contributed by atoms with van der Waals surface area (Å²) in [6.45, 7) is 6.14. The Labute approximate surface area is 197 Å².